The predicted octanol–water partition coefficient (Wildman–Crippen LogP) is 4.67. The van der Waals surface area contributed by atoms with Gasteiger partial charge in [-0.3, -0.25) is 4.79 Å². The van der Waals surface area contributed by atoms with E-state index in [0.29, 0.717) is 16.4 Å². The van der Waals surface area contributed by atoms with Crippen LogP contribution >= 0.6 is 34.4 Å². The van der Waals surface area contributed by atoms with Crippen molar-refractivity contribution in [3.8, 4) is 6.07 Å². The van der Waals surface area contributed by atoms with Crippen molar-refractivity contribution < 1.29 is 4.79 Å². The van der Waals surface area contributed by atoms with Crippen molar-refractivity contribution in [2.75, 3.05) is 5.32 Å². The molecule has 1 amide bonds. The molecule has 0 fully saturated rings. The van der Waals surface area contributed by atoms with E-state index in [1.807, 2.05) is 13.8 Å². The second-order valence-corrected chi connectivity index (χ2v) is 9.01. The first-order chi connectivity index (χ1) is 11.9. The molecule has 1 N–H and O–H groups in total. The van der Waals surface area contributed by atoms with Gasteiger partial charge in [-0.05, 0) is 44.7 Å². The fraction of sp³-hybridized carbons (Fsp3) is 0.294. The van der Waals surface area contributed by atoms with Crippen molar-refractivity contribution in [3.05, 3.63) is 33.3 Å². The molecule has 3 rings (SSSR count). The van der Waals surface area contributed by atoms with Gasteiger partial charge in [-0.2, -0.15) is 5.26 Å². The molecule has 0 spiro atoms. The number of aryl methyl sites for hydroxylation is 3. The molecular formula is C17H16N4OS3. The summed E-state index contributed by atoms with van der Waals surface area (Å²) in [5.74, 6) is 0.562. The first-order valence-corrected chi connectivity index (χ1v) is 10.2. The zero-order valence-corrected chi connectivity index (χ0v) is 16.7. The summed E-state index contributed by atoms with van der Waals surface area (Å²) < 4.78 is 0. The zero-order valence-electron chi connectivity index (χ0n) is 14.2. The molecule has 3 aromatic heterocycles. The van der Waals surface area contributed by atoms with Gasteiger partial charge in [-0.25, -0.2) is 9.97 Å². The van der Waals surface area contributed by atoms with Crippen molar-refractivity contribution in [1.82, 2.24) is 9.97 Å². The topological polar surface area (TPSA) is 78.7 Å². The van der Waals surface area contributed by atoms with Gasteiger partial charge in [0.05, 0.1) is 10.8 Å². The zero-order chi connectivity index (χ0) is 18.1. The van der Waals surface area contributed by atoms with E-state index in [0.717, 1.165) is 15.2 Å². The van der Waals surface area contributed by atoms with Crippen molar-refractivity contribution in [2.24, 2.45) is 0 Å². The van der Waals surface area contributed by atoms with Crippen LogP contribution in [0.25, 0.3) is 10.2 Å². The molecule has 5 nitrogen and oxygen atoms in total. The normalized spacial score (nSPS) is 12.1. The van der Waals surface area contributed by atoms with Gasteiger partial charge in [-0.1, -0.05) is 11.8 Å². The lowest BCUT2D eigenvalue weighted by Crippen LogP contribution is -2.22. The summed E-state index contributed by atoms with van der Waals surface area (Å²) in [5, 5.41) is 15.8. The average Bonchev–Trinajstić information content (AvgIpc) is 3.11. The minimum Gasteiger partial charge on any atom is -0.316 e. The number of nitrogens with zero attached hydrogens (tertiary/aromatic N) is 3. The van der Waals surface area contributed by atoms with Gasteiger partial charge in [0.1, 0.15) is 26.8 Å². The van der Waals surface area contributed by atoms with Crippen LogP contribution in [-0.2, 0) is 4.79 Å². The SMILES string of the molecule is Cc1nc(S[C@@H](C)C(=O)Nc2sccc2C#N)c2c(C)c(C)sc2n1. The fourth-order valence-electron chi connectivity index (χ4n) is 2.33. The number of hydrogen-bond donors (Lipinski definition) is 1. The molecule has 0 aliphatic carbocycles. The van der Waals surface area contributed by atoms with E-state index in [9.17, 15) is 4.79 Å². The molecular weight excluding hydrogens is 372 g/mol. The number of aromatic nitrogens is 2. The lowest BCUT2D eigenvalue weighted by atomic mass is 10.2. The summed E-state index contributed by atoms with van der Waals surface area (Å²) in [4.78, 5) is 23.8. The highest BCUT2D eigenvalue weighted by Gasteiger charge is 2.21. The van der Waals surface area contributed by atoms with Crippen molar-refractivity contribution >= 4 is 55.6 Å². The quantitative estimate of drug-likeness (QED) is 0.519. The Morgan fingerprint density at radius 3 is 2.84 bits per heavy atom. The van der Waals surface area contributed by atoms with E-state index in [2.05, 4.69) is 35.2 Å². The summed E-state index contributed by atoms with van der Waals surface area (Å²) in [6.07, 6.45) is 0. The van der Waals surface area contributed by atoms with Crippen LogP contribution in [0.3, 0.4) is 0 Å². The summed E-state index contributed by atoms with van der Waals surface area (Å²) in [6.45, 7) is 7.84. The van der Waals surface area contributed by atoms with Crippen LogP contribution in [0.2, 0.25) is 0 Å². The maximum absolute atomic E-state index is 12.5. The molecule has 0 radical (unpaired) electrons. The summed E-state index contributed by atoms with van der Waals surface area (Å²) >= 11 is 4.42. The number of thiophene rings is 2. The predicted molar refractivity (Wildman–Crippen MR) is 105 cm³/mol. The smallest absolute Gasteiger partial charge is 0.238 e. The van der Waals surface area contributed by atoms with E-state index in [4.69, 9.17) is 5.26 Å². The van der Waals surface area contributed by atoms with Crippen LogP contribution in [0.4, 0.5) is 5.00 Å². The average molecular weight is 389 g/mol. The third-order valence-electron chi connectivity index (χ3n) is 3.79. The van der Waals surface area contributed by atoms with Crippen LogP contribution in [-0.4, -0.2) is 21.1 Å². The minimum atomic E-state index is -0.342. The lowest BCUT2D eigenvalue weighted by Gasteiger charge is -2.12. The van der Waals surface area contributed by atoms with E-state index >= 15 is 0 Å². The number of nitriles is 1. The molecule has 8 heteroatoms. The fourth-order valence-corrected chi connectivity index (χ4v) is 5.26. The number of thioether (sulfide) groups is 1. The number of carbonyl (C=O) groups excluding carboxylic acids is 1. The Kier molecular flexibility index (Phi) is 5.08. The van der Waals surface area contributed by atoms with Crippen LogP contribution in [0.1, 0.15) is 28.8 Å². The Bertz CT molecular complexity index is 999. The van der Waals surface area contributed by atoms with Gasteiger partial charge in [0.2, 0.25) is 5.91 Å². The van der Waals surface area contributed by atoms with Crippen LogP contribution in [0, 0.1) is 32.1 Å². The van der Waals surface area contributed by atoms with E-state index in [1.54, 1.807) is 22.8 Å². The second-order valence-electron chi connectivity index (χ2n) is 5.56. The highest BCUT2D eigenvalue weighted by Crippen LogP contribution is 2.37. The Hall–Kier alpha value is -1.95. The first kappa shape index (κ1) is 17.9. The van der Waals surface area contributed by atoms with Crippen LogP contribution in [0.5, 0.6) is 0 Å². The van der Waals surface area contributed by atoms with E-state index in [1.165, 1.54) is 33.5 Å². The minimum absolute atomic E-state index is 0.141. The molecule has 1 atom stereocenters. The number of anilines is 1. The second kappa shape index (κ2) is 7.12. The Balaban J connectivity index is 1.86. The summed E-state index contributed by atoms with van der Waals surface area (Å²) in [6, 6.07) is 3.78. The molecule has 3 aromatic rings. The van der Waals surface area contributed by atoms with Crippen LogP contribution < -0.4 is 5.32 Å². The molecule has 0 aliphatic heterocycles. The Morgan fingerprint density at radius 1 is 1.36 bits per heavy atom. The molecule has 0 aliphatic rings. The molecule has 0 unspecified atom stereocenters. The number of nitrogens with one attached hydrogen (secondary N) is 1. The van der Waals surface area contributed by atoms with Gasteiger partial charge in [0, 0.05) is 10.3 Å². The van der Waals surface area contributed by atoms with Gasteiger partial charge in [0.25, 0.3) is 0 Å². The molecule has 0 saturated carbocycles. The van der Waals surface area contributed by atoms with Gasteiger partial charge >= 0.3 is 0 Å². The monoisotopic (exact) mass is 388 g/mol. The summed E-state index contributed by atoms with van der Waals surface area (Å²) in [5.41, 5.74) is 1.65. The molecule has 0 aromatic carbocycles. The number of fused-ring (bicyclic) bond motifs is 1. The largest absolute Gasteiger partial charge is 0.316 e. The maximum Gasteiger partial charge on any atom is 0.238 e. The molecule has 0 bridgehead atoms. The van der Waals surface area contributed by atoms with Crippen LogP contribution in [0.15, 0.2) is 16.5 Å². The number of rotatable bonds is 4. The van der Waals surface area contributed by atoms with E-state index in [-0.39, 0.29) is 11.2 Å². The summed E-state index contributed by atoms with van der Waals surface area (Å²) in [7, 11) is 0. The van der Waals surface area contributed by atoms with E-state index < -0.39 is 0 Å². The number of carbonyl (C=O) groups is 1. The molecule has 0 saturated heterocycles. The maximum atomic E-state index is 12.5. The number of amides is 1. The molecule has 25 heavy (non-hydrogen) atoms. The first-order valence-electron chi connectivity index (χ1n) is 7.60. The highest BCUT2D eigenvalue weighted by molar-refractivity contribution is 8.00. The van der Waals surface area contributed by atoms with Crippen molar-refractivity contribution in [2.45, 2.75) is 38.0 Å². The Morgan fingerprint density at radius 2 is 2.12 bits per heavy atom. The highest BCUT2D eigenvalue weighted by atomic mass is 32.2. The number of hydrogen-bond acceptors (Lipinski definition) is 7. The standard InChI is InChI=1S/C17H16N4OS3/c1-8-9(2)24-16-13(8)17(20-11(4)19-16)25-10(3)14(22)21-15-12(7-18)5-6-23-15/h5-6,10H,1-4H3,(H,21,22)/t10-/m0/s1. The van der Waals surface area contributed by atoms with Gasteiger partial charge in [0.15, 0.2) is 0 Å². The van der Waals surface area contributed by atoms with Gasteiger partial charge < -0.3 is 5.32 Å². The molecule has 3 heterocycles. The Labute approximate surface area is 158 Å². The third-order valence-corrected chi connectivity index (χ3v) is 6.80. The lowest BCUT2D eigenvalue weighted by molar-refractivity contribution is -0.115. The van der Waals surface area contributed by atoms with Gasteiger partial charge in [-0.15, -0.1) is 22.7 Å². The van der Waals surface area contributed by atoms with Crippen molar-refractivity contribution in [1.29, 1.82) is 5.26 Å². The molecule has 128 valence electrons. The third kappa shape index (κ3) is 3.54. The van der Waals surface area contributed by atoms with Crippen molar-refractivity contribution in [3.63, 3.8) is 0 Å².